The molecule has 0 aliphatic carbocycles. The Hall–Kier alpha value is -2.94. The molecule has 1 heterocycles. The van der Waals surface area contributed by atoms with Crippen molar-refractivity contribution in [1.82, 2.24) is 0 Å². The first-order valence-electron chi connectivity index (χ1n) is 10.7. The van der Waals surface area contributed by atoms with Crippen molar-refractivity contribution in [3.8, 4) is 11.8 Å². The van der Waals surface area contributed by atoms with Crippen LogP contribution in [-0.2, 0) is 4.79 Å². The molecule has 1 aliphatic rings. The van der Waals surface area contributed by atoms with Gasteiger partial charge in [0.05, 0.1) is 22.7 Å². The fourth-order valence-corrected chi connectivity index (χ4v) is 4.42. The first kappa shape index (κ1) is 24.7. The fourth-order valence-electron chi connectivity index (χ4n) is 4.12. The molecule has 0 saturated carbocycles. The number of nitrogens with one attached hydrogen (secondary N) is 1. The van der Waals surface area contributed by atoms with Crippen molar-refractivity contribution < 1.29 is 9.53 Å². The number of fused-ring (bicyclic) bond motifs is 1. The van der Waals surface area contributed by atoms with Crippen LogP contribution in [0.15, 0.2) is 42.0 Å². The zero-order chi connectivity index (χ0) is 24.3. The number of amides is 1. The highest BCUT2D eigenvalue weighted by Gasteiger charge is 2.31. The number of carbonyl (C=O) groups is 1. The number of hydrogen-bond acceptors (Lipinski definition) is 4. The van der Waals surface area contributed by atoms with Gasteiger partial charge in [0.15, 0.2) is 0 Å². The second-order valence-corrected chi connectivity index (χ2v) is 9.31. The Labute approximate surface area is 205 Å². The molecule has 0 atom stereocenters. The van der Waals surface area contributed by atoms with Crippen LogP contribution in [0.3, 0.4) is 0 Å². The molecule has 2 aromatic carbocycles. The summed E-state index contributed by atoms with van der Waals surface area (Å²) in [5, 5.41) is 13.1. The molecule has 0 spiro atoms. The second kappa shape index (κ2) is 9.91. The number of rotatable bonds is 6. The summed E-state index contributed by atoms with van der Waals surface area (Å²) in [4.78, 5) is 15.1. The van der Waals surface area contributed by atoms with E-state index in [1.54, 1.807) is 25.3 Å². The molecule has 0 aromatic heterocycles. The molecule has 0 unspecified atom stereocenters. The summed E-state index contributed by atoms with van der Waals surface area (Å²) < 4.78 is 5.65. The highest BCUT2D eigenvalue weighted by atomic mass is 35.5. The fraction of sp³-hybridized carbons (Fsp3) is 0.308. The van der Waals surface area contributed by atoms with E-state index in [1.807, 2.05) is 18.2 Å². The van der Waals surface area contributed by atoms with E-state index in [4.69, 9.17) is 27.9 Å². The Bertz CT molecular complexity index is 1190. The molecule has 7 heteroatoms. The lowest BCUT2D eigenvalue weighted by Crippen LogP contribution is -2.45. The minimum atomic E-state index is -0.545. The van der Waals surface area contributed by atoms with Gasteiger partial charge in [-0.15, -0.1) is 0 Å². The van der Waals surface area contributed by atoms with E-state index in [0.29, 0.717) is 27.0 Å². The third-order valence-corrected chi connectivity index (χ3v) is 6.36. The van der Waals surface area contributed by atoms with E-state index in [1.165, 1.54) is 6.07 Å². The van der Waals surface area contributed by atoms with E-state index in [0.717, 1.165) is 29.8 Å². The first-order valence-corrected chi connectivity index (χ1v) is 11.4. The van der Waals surface area contributed by atoms with Crippen LogP contribution in [0.25, 0.3) is 11.6 Å². The Morgan fingerprint density at radius 3 is 2.58 bits per heavy atom. The average Bonchev–Trinajstić information content (AvgIpc) is 2.76. The van der Waals surface area contributed by atoms with Gasteiger partial charge in [0.1, 0.15) is 17.4 Å². The minimum Gasteiger partial charge on any atom is -0.496 e. The molecular formula is C26H27Cl2N3O2. The topological polar surface area (TPSA) is 65.4 Å². The maximum atomic E-state index is 12.8. The number of carbonyl (C=O) groups excluding carboxylic acids is 1. The van der Waals surface area contributed by atoms with Gasteiger partial charge in [-0.3, -0.25) is 4.79 Å². The van der Waals surface area contributed by atoms with Crippen LogP contribution in [-0.4, -0.2) is 25.1 Å². The number of hydrogen-bond donors (Lipinski definition) is 1. The number of nitrogens with zero attached hydrogens (tertiary/aromatic N) is 2. The summed E-state index contributed by atoms with van der Waals surface area (Å²) >= 11 is 12.0. The Balaban J connectivity index is 2.03. The number of benzene rings is 2. The predicted octanol–water partition coefficient (Wildman–Crippen LogP) is 6.96. The van der Waals surface area contributed by atoms with E-state index in [-0.39, 0.29) is 11.1 Å². The summed E-state index contributed by atoms with van der Waals surface area (Å²) in [5.74, 6) is 0.0483. The van der Waals surface area contributed by atoms with Crippen LogP contribution < -0.4 is 15.0 Å². The summed E-state index contributed by atoms with van der Waals surface area (Å²) in [7, 11) is 1.59. The normalized spacial score (nSPS) is 14.8. The molecule has 0 saturated heterocycles. The standard InChI is InChI=1S/C26H27Cl2N3O2/c1-6-9-31-23-13-24(33-5)17(11-20(23)16(2)14-26(31,3)4)10-18(15-29)25(32)30-19-7-8-21(27)22(28)12-19/h7-8,10-14H,6,9H2,1-5H3,(H,30,32)/b18-10+. The van der Waals surface area contributed by atoms with Gasteiger partial charge >= 0.3 is 0 Å². The number of anilines is 2. The number of ether oxygens (including phenoxy) is 1. The van der Waals surface area contributed by atoms with Crippen molar-refractivity contribution in [2.45, 2.75) is 39.7 Å². The number of nitriles is 1. The molecule has 5 nitrogen and oxygen atoms in total. The predicted molar refractivity (Wildman–Crippen MR) is 137 cm³/mol. The lowest BCUT2D eigenvalue weighted by molar-refractivity contribution is -0.112. The number of allylic oxidation sites excluding steroid dienone is 1. The third-order valence-electron chi connectivity index (χ3n) is 5.62. The maximum absolute atomic E-state index is 12.8. The minimum absolute atomic E-state index is 0.0532. The molecule has 0 fully saturated rings. The van der Waals surface area contributed by atoms with Crippen LogP contribution in [0.1, 0.15) is 45.2 Å². The van der Waals surface area contributed by atoms with Gasteiger partial charge in [-0.25, -0.2) is 0 Å². The molecule has 0 bridgehead atoms. The van der Waals surface area contributed by atoms with Gasteiger partial charge in [0.2, 0.25) is 0 Å². The molecule has 33 heavy (non-hydrogen) atoms. The van der Waals surface area contributed by atoms with Crippen molar-refractivity contribution in [2.24, 2.45) is 0 Å². The van der Waals surface area contributed by atoms with Crippen molar-refractivity contribution >= 4 is 52.1 Å². The van der Waals surface area contributed by atoms with Crippen molar-refractivity contribution in [3.63, 3.8) is 0 Å². The van der Waals surface area contributed by atoms with E-state index in [9.17, 15) is 10.1 Å². The van der Waals surface area contributed by atoms with Gasteiger partial charge in [-0.2, -0.15) is 5.26 Å². The molecule has 1 aliphatic heterocycles. The van der Waals surface area contributed by atoms with Crippen LogP contribution in [0.4, 0.5) is 11.4 Å². The van der Waals surface area contributed by atoms with Gasteiger partial charge in [0.25, 0.3) is 5.91 Å². The van der Waals surface area contributed by atoms with Crippen LogP contribution >= 0.6 is 23.2 Å². The highest BCUT2D eigenvalue weighted by molar-refractivity contribution is 6.42. The molecule has 1 N–H and O–H groups in total. The van der Waals surface area contributed by atoms with Gasteiger partial charge in [-0.05, 0) is 63.1 Å². The molecular weight excluding hydrogens is 457 g/mol. The van der Waals surface area contributed by atoms with Gasteiger partial charge in [0, 0.05) is 35.1 Å². The quantitative estimate of drug-likeness (QED) is 0.356. The average molecular weight is 484 g/mol. The largest absolute Gasteiger partial charge is 0.496 e. The summed E-state index contributed by atoms with van der Waals surface area (Å²) in [5.41, 5.74) is 4.19. The highest BCUT2D eigenvalue weighted by Crippen LogP contribution is 2.42. The molecule has 172 valence electrons. The summed E-state index contributed by atoms with van der Waals surface area (Å²) in [6, 6.07) is 10.7. The maximum Gasteiger partial charge on any atom is 0.266 e. The molecule has 3 rings (SSSR count). The monoisotopic (exact) mass is 483 g/mol. The van der Waals surface area contributed by atoms with E-state index in [2.05, 4.69) is 44.0 Å². The van der Waals surface area contributed by atoms with E-state index < -0.39 is 5.91 Å². The SMILES string of the molecule is CCCN1c2cc(OC)c(/C=C(\C#N)C(=O)Nc3ccc(Cl)c(Cl)c3)cc2C(C)=CC1(C)C. The van der Waals surface area contributed by atoms with Gasteiger partial charge in [-0.1, -0.05) is 36.2 Å². The van der Waals surface area contributed by atoms with Crippen molar-refractivity contribution in [1.29, 1.82) is 5.26 Å². The molecule has 0 radical (unpaired) electrons. The third kappa shape index (κ3) is 5.19. The Morgan fingerprint density at radius 2 is 1.97 bits per heavy atom. The lowest BCUT2D eigenvalue weighted by Gasteiger charge is -2.43. The van der Waals surface area contributed by atoms with Gasteiger partial charge < -0.3 is 15.0 Å². The molecule has 2 aromatic rings. The second-order valence-electron chi connectivity index (χ2n) is 8.50. The van der Waals surface area contributed by atoms with Crippen LogP contribution in [0.2, 0.25) is 10.0 Å². The first-order chi connectivity index (χ1) is 15.6. The van der Waals surface area contributed by atoms with Crippen molar-refractivity contribution in [3.05, 3.63) is 63.2 Å². The lowest BCUT2D eigenvalue weighted by atomic mass is 9.87. The Morgan fingerprint density at radius 1 is 1.24 bits per heavy atom. The summed E-state index contributed by atoms with van der Waals surface area (Å²) in [6.45, 7) is 9.51. The smallest absolute Gasteiger partial charge is 0.266 e. The summed E-state index contributed by atoms with van der Waals surface area (Å²) in [6.07, 6.45) is 4.80. The van der Waals surface area contributed by atoms with Crippen LogP contribution in [0, 0.1) is 11.3 Å². The zero-order valence-electron chi connectivity index (χ0n) is 19.4. The number of halogens is 2. The zero-order valence-corrected chi connectivity index (χ0v) is 20.9. The Kier molecular flexibility index (Phi) is 7.41. The van der Waals surface area contributed by atoms with E-state index >= 15 is 0 Å². The molecule has 1 amide bonds. The van der Waals surface area contributed by atoms with Crippen LogP contribution in [0.5, 0.6) is 5.75 Å². The van der Waals surface area contributed by atoms with Crippen molar-refractivity contribution in [2.75, 3.05) is 23.9 Å². The number of methoxy groups -OCH3 is 1.